The number of methoxy groups -OCH3 is 2. The van der Waals surface area contributed by atoms with Crippen LogP contribution < -0.4 is 5.32 Å². The molecule has 4 atom stereocenters. The molecule has 12 nitrogen and oxygen atoms in total. The SMILES string of the molecule is CCCCCCCCC(=O)Nc1ccc(C2=CC3C4=C(C5C=C(c6cc(C(=O)OCCOCCOCCOC)cc(C(=O)OCCOCCOCCOC)c6)SC5(C)C3(C)S2)C(F)(F)C(F)(F)C4(F)F)cc1. The standard InChI is InChI=1S/C52H65F6NO11S2/c1-6-7-8-9-10-11-12-43(60)59-38-15-13-34(14-16-38)41-32-39-44-45(51(55,56)52(57,58)50(44,53)54)40-33-42(72-49(40,3)48(39,2)71-41)35-29-36(46(61)69-27-25-67-23-21-65-19-17-63-4)31-37(30-35)47(62)70-28-26-68-24-22-66-20-18-64-5/h13-16,29-33,39-40H,6-12,17-28H2,1-5H3,(H,59,60). The van der Waals surface area contributed by atoms with E-state index in [0.29, 0.717) is 49.0 Å². The zero-order valence-corrected chi connectivity index (χ0v) is 43.0. The lowest BCUT2D eigenvalue weighted by Gasteiger charge is -2.52. The number of unbranched alkanes of at least 4 members (excludes halogenated alkanes) is 5. The van der Waals surface area contributed by atoms with E-state index >= 15 is 26.3 Å². The Balaban J connectivity index is 1.26. The fourth-order valence-corrected chi connectivity index (χ4v) is 12.6. The molecule has 2 aromatic carbocycles. The first-order chi connectivity index (χ1) is 34.4. The fraction of sp³-hybridized carbons (Fsp3) is 0.596. The molecule has 2 heterocycles. The Labute approximate surface area is 425 Å². The molecule has 1 N–H and O–H groups in total. The van der Waals surface area contributed by atoms with Crippen LogP contribution in [0.15, 0.2) is 65.8 Å². The first-order valence-electron chi connectivity index (χ1n) is 24.3. The summed E-state index contributed by atoms with van der Waals surface area (Å²) in [6.45, 7) is 7.48. The normalized spacial score (nSPS) is 23.3. The van der Waals surface area contributed by atoms with Crippen molar-refractivity contribution in [2.24, 2.45) is 11.8 Å². The summed E-state index contributed by atoms with van der Waals surface area (Å²) in [5.74, 6) is -21.4. The predicted octanol–water partition coefficient (Wildman–Crippen LogP) is 10.9. The van der Waals surface area contributed by atoms with Crippen LogP contribution in [0.5, 0.6) is 0 Å². The van der Waals surface area contributed by atoms with Gasteiger partial charge in [0.1, 0.15) is 13.2 Å². The van der Waals surface area contributed by atoms with E-state index in [-0.39, 0.29) is 80.4 Å². The highest BCUT2D eigenvalue weighted by Gasteiger charge is 2.85. The van der Waals surface area contributed by atoms with E-state index in [1.54, 1.807) is 52.3 Å². The number of esters is 2. The average Bonchev–Trinajstić information content (AvgIpc) is 3.94. The van der Waals surface area contributed by atoms with Gasteiger partial charge in [-0.2, -0.15) is 26.3 Å². The molecule has 0 bridgehead atoms. The molecular weight excluding hydrogens is 993 g/mol. The number of alkyl halides is 6. The molecule has 2 aliphatic heterocycles. The Kier molecular flexibility index (Phi) is 20.4. The van der Waals surface area contributed by atoms with E-state index in [4.69, 9.17) is 37.9 Å². The van der Waals surface area contributed by atoms with E-state index in [9.17, 15) is 14.4 Å². The van der Waals surface area contributed by atoms with Gasteiger partial charge in [0.15, 0.2) is 0 Å². The zero-order chi connectivity index (χ0) is 52.2. The number of nitrogens with one attached hydrogen (secondary N) is 1. The first kappa shape index (κ1) is 57.4. The number of anilines is 1. The smallest absolute Gasteiger partial charge is 0.380 e. The van der Waals surface area contributed by atoms with Gasteiger partial charge in [0.25, 0.3) is 0 Å². The van der Waals surface area contributed by atoms with Crippen molar-refractivity contribution in [3.05, 3.63) is 88.0 Å². The van der Waals surface area contributed by atoms with Gasteiger partial charge >= 0.3 is 29.7 Å². The molecule has 0 fully saturated rings. The minimum absolute atomic E-state index is 0.000802. The summed E-state index contributed by atoms with van der Waals surface area (Å²) < 4.78 is 136. The van der Waals surface area contributed by atoms with Crippen LogP contribution in [-0.2, 0) is 42.7 Å². The summed E-state index contributed by atoms with van der Waals surface area (Å²) in [5, 5.41) is 2.87. The number of hydrogen-bond donors (Lipinski definition) is 1. The van der Waals surface area contributed by atoms with Crippen LogP contribution in [0.4, 0.5) is 32.0 Å². The van der Waals surface area contributed by atoms with E-state index in [1.165, 1.54) is 30.4 Å². The van der Waals surface area contributed by atoms with Crippen molar-refractivity contribution in [1.29, 1.82) is 0 Å². The molecule has 4 aliphatic rings. The van der Waals surface area contributed by atoms with Gasteiger partial charge < -0.3 is 43.2 Å². The molecule has 2 aromatic rings. The second kappa shape index (κ2) is 25.6. The Bertz CT molecular complexity index is 2240. The lowest BCUT2D eigenvalue weighted by Crippen LogP contribution is -2.56. The second-order valence-electron chi connectivity index (χ2n) is 18.1. The molecule has 0 saturated carbocycles. The minimum Gasteiger partial charge on any atom is -0.460 e. The number of carbonyl (C=O) groups is 3. The third kappa shape index (κ3) is 12.6. The van der Waals surface area contributed by atoms with E-state index < -0.39 is 62.2 Å². The van der Waals surface area contributed by atoms with Gasteiger partial charge in [-0.25, -0.2) is 9.59 Å². The number of hydrogen-bond acceptors (Lipinski definition) is 13. The van der Waals surface area contributed by atoms with E-state index in [0.717, 1.165) is 62.0 Å². The summed E-state index contributed by atoms with van der Waals surface area (Å²) >= 11 is 2.15. The molecule has 398 valence electrons. The molecule has 0 aromatic heterocycles. The topological polar surface area (TPSA) is 137 Å². The first-order valence-corrected chi connectivity index (χ1v) is 25.9. The maximum absolute atomic E-state index is 16.3. The number of ether oxygens (including phenoxy) is 8. The summed E-state index contributed by atoms with van der Waals surface area (Å²) in [4.78, 5) is 40.5. The fourth-order valence-electron chi connectivity index (χ4n) is 9.21. The maximum atomic E-state index is 16.3. The summed E-state index contributed by atoms with van der Waals surface area (Å²) in [6, 6.07) is 10.6. The van der Waals surface area contributed by atoms with Crippen LogP contribution in [-0.4, -0.2) is 139 Å². The number of benzene rings is 2. The zero-order valence-electron chi connectivity index (χ0n) is 41.4. The minimum atomic E-state index is -5.75. The molecule has 72 heavy (non-hydrogen) atoms. The number of carbonyl (C=O) groups excluding carboxylic acids is 3. The summed E-state index contributed by atoms with van der Waals surface area (Å²) in [5.41, 5.74) is -1.80. The second-order valence-corrected chi connectivity index (χ2v) is 21.1. The lowest BCUT2D eigenvalue weighted by atomic mass is 9.63. The van der Waals surface area contributed by atoms with E-state index in [2.05, 4.69) is 12.2 Å². The van der Waals surface area contributed by atoms with Crippen molar-refractivity contribution in [3.63, 3.8) is 0 Å². The molecule has 2 aliphatic carbocycles. The van der Waals surface area contributed by atoms with Gasteiger partial charge in [-0.15, -0.1) is 23.5 Å². The molecule has 0 spiro atoms. The van der Waals surface area contributed by atoms with Crippen molar-refractivity contribution in [1.82, 2.24) is 0 Å². The van der Waals surface area contributed by atoms with Crippen LogP contribution in [0.2, 0.25) is 0 Å². The van der Waals surface area contributed by atoms with Gasteiger partial charge in [-0.3, -0.25) is 4.79 Å². The Morgan fingerprint density at radius 3 is 1.43 bits per heavy atom. The van der Waals surface area contributed by atoms with Crippen molar-refractivity contribution >= 4 is 56.9 Å². The van der Waals surface area contributed by atoms with E-state index in [1.807, 2.05) is 0 Å². The molecule has 4 unspecified atom stereocenters. The predicted molar refractivity (Wildman–Crippen MR) is 264 cm³/mol. The number of halogens is 6. The van der Waals surface area contributed by atoms with Crippen LogP contribution >= 0.6 is 23.5 Å². The van der Waals surface area contributed by atoms with Gasteiger partial charge in [0.05, 0.1) is 77.2 Å². The van der Waals surface area contributed by atoms with Crippen LogP contribution in [0.25, 0.3) is 9.81 Å². The number of amides is 1. The Morgan fingerprint density at radius 2 is 0.972 bits per heavy atom. The van der Waals surface area contributed by atoms with Crippen LogP contribution in [0.3, 0.4) is 0 Å². The average molecular weight is 1060 g/mol. The largest absolute Gasteiger partial charge is 0.460 e. The molecule has 0 saturated heterocycles. The van der Waals surface area contributed by atoms with Crippen molar-refractivity contribution in [3.8, 4) is 0 Å². The number of rotatable bonds is 30. The summed E-state index contributed by atoms with van der Waals surface area (Å²) in [6.07, 6.45) is 9.09. The number of allylic oxidation sites excluding steroid dienone is 4. The van der Waals surface area contributed by atoms with Gasteiger partial charge in [-0.1, -0.05) is 63.3 Å². The Hall–Kier alpha value is -3.89. The third-order valence-corrected chi connectivity index (χ3v) is 16.8. The highest BCUT2D eigenvalue weighted by molar-refractivity contribution is 8.13. The highest BCUT2D eigenvalue weighted by atomic mass is 32.2. The molecular formula is C52H65F6NO11S2. The van der Waals surface area contributed by atoms with Gasteiger partial charge in [-0.05, 0) is 61.7 Å². The van der Waals surface area contributed by atoms with Crippen molar-refractivity contribution in [2.75, 3.05) is 98.8 Å². The van der Waals surface area contributed by atoms with Crippen molar-refractivity contribution in [2.45, 2.75) is 93.0 Å². The van der Waals surface area contributed by atoms with Crippen LogP contribution in [0, 0.1) is 11.8 Å². The van der Waals surface area contributed by atoms with Crippen molar-refractivity contribution < 1.29 is 78.6 Å². The number of fused-ring (bicyclic) bond motifs is 5. The highest BCUT2D eigenvalue weighted by Crippen LogP contribution is 2.77. The van der Waals surface area contributed by atoms with Gasteiger partial charge in [0.2, 0.25) is 5.91 Å². The lowest BCUT2D eigenvalue weighted by molar-refractivity contribution is -0.266. The quantitative estimate of drug-likeness (QED) is 0.0344. The molecule has 6 rings (SSSR count). The monoisotopic (exact) mass is 1060 g/mol. The Morgan fingerprint density at radius 1 is 0.556 bits per heavy atom. The van der Waals surface area contributed by atoms with Crippen LogP contribution in [0.1, 0.15) is 97.6 Å². The number of thioether (sulfide) groups is 2. The molecule has 0 radical (unpaired) electrons. The molecule has 1 amide bonds. The summed E-state index contributed by atoms with van der Waals surface area (Å²) in [7, 11) is 3.09. The van der Waals surface area contributed by atoms with Gasteiger partial charge in [0, 0.05) is 68.6 Å². The molecule has 20 heteroatoms. The third-order valence-electron chi connectivity index (χ3n) is 13.3. The maximum Gasteiger partial charge on any atom is 0.380 e.